The zero-order chi connectivity index (χ0) is 33.1. The van der Waals surface area contributed by atoms with Gasteiger partial charge in [0, 0.05) is 10.8 Å². The van der Waals surface area contributed by atoms with Gasteiger partial charge in [0.15, 0.2) is 0 Å². The predicted octanol–water partition coefficient (Wildman–Crippen LogP) is 8.01. The first-order valence-corrected chi connectivity index (χ1v) is 18.9. The van der Waals surface area contributed by atoms with Crippen molar-refractivity contribution in [3.05, 3.63) is 54.4 Å². The number of aryl methyl sites for hydroxylation is 2. The number of nitrogens with one attached hydrogen (secondary N) is 2. The van der Waals surface area contributed by atoms with Crippen LogP contribution in [-0.4, -0.2) is 27.1 Å². The minimum atomic E-state index is -3.72. The van der Waals surface area contributed by atoms with Crippen LogP contribution >= 0.6 is 54.5 Å². The maximum Gasteiger partial charge on any atom is 0.273 e. The molecule has 0 amide bonds. The summed E-state index contributed by atoms with van der Waals surface area (Å²) in [6, 6.07) is 6.44. The Bertz CT molecular complexity index is 1840. The minimum absolute atomic E-state index is 0.0632. The highest BCUT2D eigenvalue weighted by atomic mass is 79.9. The first-order chi connectivity index (χ1) is 20.2. The van der Waals surface area contributed by atoms with E-state index in [1.807, 2.05) is 41.5 Å². The molecule has 4 heterocycles. The first kappa shape index (κ1) is 35.9. The number of rotatable bonds is 6. The number of anilines is 2. The smallest absolute Gasteiger partial charge is 0.273 e. The molecule has 4 aromatic rings. The maximum atomic E-state index is 12.3. The number of halogens is 2. The molecule has 0 aliphatic rings. The number of thiophene rings is 2. The molecule has 0 radical (unpaired) electrons. The zero-order valence-electron chi connectivity index (χ0n) is 25.0. The fraction of sp³-hybridized carbons (Fsp3) is 0.357. The quantitative estimate of drug-likeness (QED) is 0.187. The van der Waals surface area contributed by atoms with Gasteiger partial charge in [-0.05, 0) is 112 Å². The summed E-state index contributed by atoms with van der Waals surface area (Å²) in [5, 5.41) is 7.38. The number of hydrogen-bond donors (Lipinski definition) is 2. The Labute approximate surface area is 282 Å². The van der Waals surface area contributed by atoms with E-state index in [1.54, 1.807) is 26.0 Å². The van der Waals surface area contributed by atoms with Crippen LogP contribution in [-0.2, 0) is 20.0 Å². The van der Waals surface area contributed by atoms with Crippen molar-refractivity contribution in [2.45, 2.75) is 63.8 Å². The third-order valence-corrected chi connectivity index (χ3v) is 12.4. The number of nitrogens with zero attached hydrogens (tertiary/aromatic N) is 2. The summed E-state index contributed by atoms with van der Waals surface area (Å²) in [6.07, 6.45) is 0. The number of aromatic nitrogens is 2. The average molecular weight is 807 g/mol. The molecule has 0 aromatic carbocycles. The van der Waals surface area contributed by atoms with E-state index < -0.39 is 20.0 Å². The molecule has 0 saturated carbocycles. The van der Waals surface area contributed by atoms with E-state index in [0.29, 0.717) is 30.1 Å². The normalized spacial score (nSPS) is 11.9. The highest BCUT2D eigenvalue weighted by molar-refractivity contribution is 9.11. The standard InChI is InChI=1S/2C14H15BrN2O3S2/c2*1-9-12(15)13(20-16-9)17-22(18,19)11-6-5-10(21-11)7-8-14(2,3)4/h2*5-6,17H,1-4H3. The summed E-state index contributed by atoms with van der Waals surface area (Å²) >= 11 is 8.67. The summed E-state index contributed by atoms with van der Waals surface area (Å²) in [7, 11) is -7.44. The van der Waals surface area contributed by atoms with E-state index in [-0.39, 0.29) is 31.0 Å². The SMILES string of the molecule is Cc1noc(NS(=O)(=O)c2ccc(C#CC(C)(C)C)s2)c1Br.Cc1noc(NS(=O)(=O)c2ccc(C#CC(C)(C)C)s2)c1Br. The molecule has 236 valence electrons. The molecule has 44 heavy (non-hydrogen) atoms. The highest BCUT2D eigenvalue weighted by Crippen LogP contribution is 2.31. The second-order valence-corrected chi connectivity index (χ2v) is 18.8. The lowest BCUT2D eigenvalue weighted by Crippen LogP contribution is -2.11. The molecule has 16 heteroatoms. The fourth-order valence-corrected chi connectivity index (χ4v) is 7.81. The molecular formula is C28H30Br2N4O6S4. The molecule has 0 fully saturated rings. The van der Waals surface area contributed by atoms with E-state index in [0.717, 1.165) is 22.7 Å². The van der Waals surface area contributed by atoms with Gasteiger partial charge in [-0.1, -0.05) is 34.0 Å². The molecule has 0 aliphatic carbocycles. The van der Waals surface area contributed by atoms with Crippen LogP contribution in [0.25, 0.3) is 0 Å². The van der Waals surface area contributed by atoms with Crippen molar-refractivity contribution in [3.63, 3.8) is 0 Å². The van der Waals surface area contributed by atoms with E-state index >= 15 is 0 Å². The largest absolute Gasteiger partial charge is 0.336 e. The van der Waals surface area contributed by atoms with Gasteiger partial charge < -0.3 is 9.05 Å². The van der Waals surface area contributed by atoms with Crippen molar-refractivity contribution in [2.24, 2.45) is 10.8 Å². The Morgan fingerprint density at radius 2 is 1.02 bits per heavy atom. The summed E-state index contributed by atoms with van der Waals surface area (Å²) in [4.78, 5) is 1.39. The molecule has 0 atom stereocenters. The summed E-state index contributed by atoms with van der Waals surface area (Å²) < 4.78 is 65.2. The molecule has 4 rings (SSSR count). The van der Waals surface area contributed by atoms with E-state index in [9.17, 15) is 16.8 Å². The average Bonchev–Trinajstić information content (AvgIpc) is 3.70. The highest BCUT2D eigenvalue weighted by Gasteiger charge is 2.23. The van der Waals surface area contributed by atoms with Gasteiger partial charge >= 0.3 is 0 Å². The van der Waals surface area contributed by atoms with Crippen LogP contribution in [0.4, 0.5) is 11.8 Å². The van der Waals surface area contributed by atoms with Crippen molar-refractivity contribution in [2.75, 3.05) is 9.44 Å². The van der Waals surface area contributed by atoms with Crippen molar-refractivity contribution in [1.82, 2.24) is 10.3 Å². The van der Waals surface area contributed by atoms with Crippen LogP contribution in [0.3, 0.4) is 0 Å². The van der Waals surface area contributed by atoms with Gasteiger partial charge in [0.05, 0.1) is 21.1 Å². The van der Waals surface area contributed by atoms with Gasteiger partial charge in [-0.15, -0.1) is 22.7 Å². The number of hydrogen-bond acceptors (Lipinski definition) is 10. The van der Waals surface area contributed by atoms with Gasteiger partial charge in [0.1, 0.15) is 17.4 Å². The Morgan fingerprint density at radius 3 is 1.30 bits per heavy atom. The second kappa shape index (κ2) is 13.8. The van der Waals surface area contributed by atoms with Crippen LogP contribution in [0.2, 0.25) is 0 Å². The third kappa shape index (κ3) is 10.2. The Kier molecular flexibility index (Phi) is 11.3. The van der Waals surface area contributed by atoms with Crippen LogP contribution in [0.5, 0.6) is 0 Å². The minimum Gasteiger partial charge on any atom is -0.336 e. The van der Waals surface area contributed by atoms with Crippen molar-refractivity contribution < 1.29 is 25.9 Å². The Balaban J connectivity index is 0.000000240. The van der Waals surface area contributed by atoms with Crippen molar-refractivity contribution >= 4 is 86.3 Å². The molecule has 0 spiro atoms. The van der Waals surface area contributed by atoms with Crippen LogP contribution in [0.15, 0.2) is 50.7 Å². The van der Waals surface area contributed by atoms with Crippen LogP contribution in [0.1, 0.15) is 62.7 Å². The number of sulfonamides is 2. The lowest BCUT2D eigenvalue weighted by atomic mass is 9.98. The fourth-order valence-electron chi connectivity index (χ4n) is 2.75. The maximum absolute atomic E-state index is 12.3. The molecule has 10 nitrogen and oxygen atoms in total. The first-order valence-electron chi connectivity index (χ1n) is 12.7. The van der Waals surface area contributed by atoms with Gasteiger partial charge in [-0.3, -0.25) is 0 Å². The van der Waals surface area contributed by atoms with Gasteiger partial charge in [-0.2, -0.15) is 0 Å². The van der Waals surface area contributed by atoms with E-state index in [1.165, 1.54) is 12.1 Å². The molecular weight excluding hydrogens is 776 g/mol. The van der Waals surface area contributed by atoms with E-state index in [4.69, 9.17) is 9.05 Å². The van der Waals surface area contributed by atoms with Crippen molar-refractivity contribution in [1.29, 1.82) is 0 Å². The second-order valence-electron chi connectivity index (χ2n) is 11.3. The van der Waals surface area contributed by atoms with Crippen LogP contribution < -0.4 is 9.44 Å². The van der Waals surface area contributed by atoms with Gasteiger partial charge in [-0.25, -0.2) is 26.3 Å². The lowest BCUT2D eigenvalue weighted by Gasteiger charge is -2.06. The monoisotopic (exact) mass is 804 g/mol. The predicted molar refractivity (Wildman–Crippen MR) is 181 cm³/mol. The summed E-state index contributed by atoms with van der Waals surface area (Å²) in [6.45, 7) is 15.4. The van der Waals surface area contributed by atoms with Gasteiger partial charge in [0.2, 0.25) is 0 Å². The van der Waals surface area contributed by atoms with Crippen molar-refractivity contribution in [3.8, 4) is 23.7 Å². The molecule has 4 aromatic heterocycles. The Hall–Kier alpha value is -2.60. The van der Waals surface area contributed by atoms with E-state index in [2.05, 4.69) is 75.3 Å². The molecule has 2 N–H and O–H groups in total. The molecule has 0 unspecified atom stereocenters. The lowest BCUT2D eigenvalue weighted by molar-refractivity contribution is 0.430. The van der Waals surface area contributed by atoms with Crippen LogP contribution in [0, 0.1) is 48.4 Å². The third-order valence-electron chi connectivity index (χ3n) is 4.85. The molecule has 0 saturated heterocycles. The Morgan fingerprint density at radius 1 is 0.682 bits per heavy atom. The topological polar surface area (TPSA) is 144 Å². The summed E-state index contributed by atoms with van der Waals surface area (Å²) in [5.41, 5.74) is 0.869. The zero-order valence-corrected chi connectivity index (χ0v) is 31.5. The van der Waals surface area contributed by atoms with Gasteiger partial charge in [0.25, 0.3) is 31.8 Å². The molecule has 0 bridgehead atoms. The summed E-state index contributed by atoms with van der Waals surface area (Å²) in [5.74, 6) is 12.3. The molecule has 0 aliphatic heterocycles.